The average Bonchev–Trinajstić information content (AvgIpc) is 3.08. The van der Waals surface area contributed by atoms with E-state index in [2.05, 4.69) is 10.3 Å². The van der Waals surface area contributed by atoms with Crippen LogP contribution in [0.5, 0.6) is 0 Å². The van der Waals surface area contributed by atoms with E-state index in [0.717, 1.165) is 63.0 Å². The van der Waals surface area contributed by atoms with E-state index in [1.165, 1.54) is 0 Å². The van der Waals surface area contributed by atoms with E-state index < -0.39 is 0 Å². The molecule has 1 aromatic rings. The van der Waals surface area contributed by atoms with Gasteiger partial charge in [0.15, 0.2) is 0 Å². The van der Waals surface area contributed by atoms with Crippen LogP contribution in [0.4, 0.5) is 5.69 Å². The van der Waals surface area contributed by atoms with Gasteiger partial charge in [0.05, 0.1) is 0 Å². The Bertz CT molecular complexity index is 581. The Kier molecular flexibility index (Phi) is 4.94. The van der Waals surface area contributed by atoms with Gasteiger partial charge in [-0.05, 0) is 44.7 Å². The van der Waals surface area contributed by atoms with Crippen molar-refractivity contribution in [1.82, 2.24) is 9.88 Å². The lowest BCUT2D eigenvalue weighted by atomic mass is 9.77. The normalized spacial score (nSPS) is 24.5. The zero-order valence-electron chi connectivity index (χ0n) is 13.8. The first-order valence-electron chi connectivity index (χ1n) is 8.67. The number of aromatic nitrogens is 1. The topological polar surface area (TPSA) is 62.3 Å². The molecule has 3 rings (SSSR count). The molecule has 5 nitrogen and oxygen atoms in total. The molecule has 2 amide bonds. The van der Waals surface area contributed by atoms with E-state index in [1.807, 2.05) is 17.9 Å². The van der Waals surface area contributed by atoms with Gasteiger partial charge in [-0.15, -0.1) is 0 Å². The molecule has 2 aliphatic rings. The molecule has 0 radical (unpaired) electrons. The zero-order chi connectivity index (χ0) is 16.2. The summed E-state index contributed by atoms with van der Waals surface area (Å²) in [5, 5.41) is 2.98. The van der Waals surface area contributed by atoms with Crippen molar-refractivity contribution < 1.29 is 9.59 Å². The Hall–Kier alpha value is -1.91. The number of hydrogen-bond acceptors (Lipinski definition) is 3. The Balaban J connectivity index is 1.70. The number of hydrogen-bond donors (Lipinski definition) is 1. The molecule has 124 valence electrons. The zero-order valence-corrected chi connectivity index (χ0v) is 13.8. The Morgan fingerprint density at radius 2 is 1.83 bits per heavy atom. The summed E-state index contributed by atoms with van der Waals surface area (Å²) in [6.07, 6.45) is 7.58. The predicted octanol–water partition coefficient (Wildman–Crippen LogP) is 2.76. The number of carbonyl (C=O) groups is 2. The summed E-state index contributed by atoms with van der Waals surface area (Å²) < 4.78 is 0. The molecular weight excluding hydrogens is 290 g/mol. The van der Waals surface area contributed by atoms with Crippen LogP contribution in [-0.2, 0) is 9.59 Å². The van der Waals surface area contributed by atoms with Crippen molar-refractivity contribution in [2.75, 3.05) is 18.4 Å². The molecule has 1 saturated heterocycles. The molecule has 0 spiro atoms. The number of rotatable bonds is 3. The lowest BCUT2D eigenvalue weighted by molar-refractivity contribution is -0.141. The molecule has 0 bridgehead atoms. The van der Waals surface area contributed by atoms with Gasteiger partial charge in [0.1, 0.15) is 0 Å². The van der Waals surface area contributed by atoms with Crippen LogP contribution in [0.1, 0.15) is 44.2 Å². The third kappa shape index (κ3) is 3.71. The maximum absolute atomic E-state index is 12.8. The van der Waals surface area contributed by atoms with Gasteiger partial charge >= 0.3 is 0 Å². The van der Waals surface area contributed by atoms with Crippen molar-refractivity contribution in [3.63, 3.8) is 0 Å². The number of aryl methyl sites for hydroxylation is 1. The molecular formula is C18H25N3O2. The molecule has 1 aliphatic carbocycles. The number of nitrogens with one attached hydrogen (secondary N) is 1. The Labute approximate surface area is 137 Å². The number of anilines is 1. The number of carbonyl (C=O) groups excluding carboxylic acids is 2. The highest BCUT2D eigenvalue weighted by molar-refractivity contribution is 5.96. The second-order valence-corrected chi connectivity index (χ2v) is 6.70. The van der Waals surface area contributed by atoms with Gasteiger partial charge in [0, 0.05) is 42.5 Å². The van der Waals surface area contributed by atoms with Crippen molar-refractivity contribution in [1.29, 1.82) is 0 Å². The summed E-state index contributed by atoms with van der Waals surface area (Å²) in [4.78, 5) is 31.6. The van der Waals surface area contributed by atoms with E-state index in [9.17, 15) is 9.59 Å². The molecule has 2 fully saturated rings. The summed E-state index contributed by atoms with van der Waals surface area (Å²) in [5.41, 5.74) is 1.64. The van der Waals surface area contributed by atoms with Crippen LogP contribution in [0.25, 0.3) is 0 Å². The van der Waals surface area contributed by atoms with Gasteiger partial charge in [-0.3, -0.25) is 14.6 Å². The summed E-state index contributed by atoms with van der Waals surface area (Å²) in [7, 11) is 0. The standard InChI is InChI=1S/C18H25N3O2/c1-13-12-14(8-9-19-13)20-17(22)15-6-2-3-7-16(15)18(23)21-10-4-5-11-21/h8-9,12,15-16H,2-7,10-11H2,1H3,(H,19,20,22). The highest BCUT2D eigenvalue weighted by Gasteiger charge is 2.38. The molecule has 2 unspecified atom stereocenters. The van der Waals surface area contributed by atoms with Crippen molar-refractivity contribution in [3.05, 3.63) is 24.0 Å². The number of nitrogens with zero attached hydrogens (tertiary/aromatic N) is 2. The van der Waals surface area contributed by atoms with E-state index in [4.69, 9.17) is 0 Å². The molecule has 1 aliphatic heterocycles. The number of likely N-dealkylation sites (tertiary alicyclic amines) is 1. The first-order chi connectivity index (χ1) is 11.1. The molecule has 2 atom stereocenters. The van der Waals surface area contributed by atoms with Crippen LogP contribution >= 0.6 is 0 Å². The average molecular weight is 315 g/mol. The lowest BCUT2D eigenvalue weighted by Gasteiger charge is -2.32. The van der Waals surface area contributed by atoms with Gasteiger partial charge < -0.3 is 10.2 Å². The van der Waals surface area contributed by atoms with Crippen LogP contribution in [0.15, 0.2) is 18.3 Å². The molecule has 23 heavy (non-hydrogen) atoms. The number of amides is 2. The lowest BCUT2D eigenvalue weighted by Crippen LogP contribution is -2.42. The second-order valence-electron chi connectivity index (χ2n) is 6.70. The third-order valence-electron chi connectivity index (χ3n) is 5.00. The van der Waals surface area contributed by atoms with Gasteiger partial charge in [-0.2, -0.15) is 0 Å². The molecule has 5 heteroatoms. The summed E-state index contributed by atoms with van der Waals surface area (Å²) >= 11 is 0. The van der Waals surface area contributed by atoms with Crippen molar-refractivity contribution in [2.45, 2.75) is 45.4 Å². The minimum atomic E-state index is -0.203. The van der Waals surface area contributed by atoms with Crippen LogP contribution in [0.2, 0.25) is 0 Å². The van der Waals surface area contributed by atoms with Crippen molar-refractivity contribution in [2.24, 2.45) is 11.8 Å². The summed E-state index contributed by atoms with van der Waals surface area (Å²) in [6, 6.07) is 3.66. The monoisotopic (exact) mass is 315 g/mol. The van der Waals surface area contributed by atoms with Gasteiger partial charge in [0.2, 0.25) is 11.8 Å². The fourth-order valence-corrected chi connectivity index (χ4v) is 3.77. The Morgan fingerprint density at radius 1 is 1.13 bits per heavy atom. The minimum Gasteiger partial charge on any atom is -0.342 e. The predicted molar refractivity (Wildman–Crippen MR) is 88.9 cm³/mol. The third-order valence-corrected chi connectivity index (χ3v) is 5.00. The van der Waals surface area contributed by atoms with Gasteiger partial charge in [0.25, 0.3) is 0 Å². The highest BCUT2D eigenvalue weighted by atomic mass is 16.2. The highest BCUT2D eigenvalue weighted by Crippen LogP contribution is 2.33. The van der Waals surface area contributed by atoms with Crippen LogP contribution in [0, 0.1) is 18.8 Å². The van der Waals surface area contributed by atoms with Crippen molar-refractivity contribution >= 4 is 17.5 Å². The minimum absolute atomic E-state index is 0.0205. The fourth-order valence-electron chi connectivity index (χ4n) is 3.77. The van der Waals surface area contributed by atoms with Gasteiger partial charge in [-0.25, -0.2) is 0 Å². The summed E-state index contributed by atoms with van der Waals surface area (Å²) in [5.74, 6) is -0.184. The largest absolute Gasteiger partial charge is 0.342 e. The van der Waals surface area contributed by atoms with E-state index >= 15 is 0 Å². The molecule has 1 aromatic heterocycles. The molecule has 0 aromatic carbocycles. The maximum Gasteiger partial charge on any atom is 0.228 e. The van der Waals surface area contributed by atoms with E-state index in [0.29, 0.717) is 0 Å². The first kappa shape index (κ1) is 16.0. The van der Waals surface area contributed by atoms with Crippen LogP contribution < -0.4 is 5.32 Å². The van der Waals surface area contributed by atoms with Gasteiger partial charge in [-0.1, -0.05) is 12.8 Å². The Morgan fingerprint density at radius 3 is 2.52 bits per heavy atom. The second kappa shape index (κ2) is 7.11. The molecule has 1 N–H and O–H groups in total. The molecule has 1 saturated carbocycles. The van der Waals surface area contributed by atoms with E-state index in [-0.39, 0.29) is 23.7 Å². The summed E-state index contributed by atoms with van der Waals surface area (Å²) in [6.45, 7) is 3.61. The van der Waals surface area contributed by atoms with Crippen molar-refractivity contribution in [3.8, 4) is 0 Å². The number of pyridine rings is 1. The smallest absolute Gasteiger partial charge is 0.228 e. The maximum atomic E-state index is 12.8. The fraction of sp³-hybridized carbons (Fsp3) is 0.611. The SMILES string of the molecule is Cc1cc(NC(=O)C2CCCCC2C(=O)N2CCCC2)ccn1. The quantitative estimate of drug-likeness (QED) is 0.933. The van der Waals surface area contributed by atoms with Crippen LogP contribution in [0.3, 0.4) is 0 Å². The first-order valence-corrected chi connectivity index (χ1v) is 8.67. The van der Waals surface area contributed by atoms with Crippen LogP contribution in [-0.4, -0.2) is 34.8 Å². The molecule has 2 heterocycles. The van der Waals surface area contributed by atoms with E-state index in [1.54, 1.807) is 12.3 Å².